The summed E-state index contributed by atoms with van der Waals surface area (Å²) in [6, 6.07) is 8.00. The first-order valence-corrected chi connectivity index (χ1v) is 39.0. The van der Waals surface area contributed by atoms with E-state index in [0.717, 1.165) is 23.7 Å². The van der Waals surface area contributed by atoms with Gasteiger partial charge in [-0.1, -0.05) is 89.9 Å². The van der Waals surface area contributed by atoms with Crippen molar-refractivity contribution in [2.45, 2.75) is 199 Å². The van der Waals surface area contributed by atoms with Crippen LogP contribution in [0.4, 0.5) is 0 Å². The molecule has 33 heteroatoms. The highest BCUT2D eigenvalue weighted by Crippen LogP contribution is 2.37. The Morgan fingerprint density at radius 2 is 1.36 bits per heavy atom. The molecule has 1 saturated heterocycles. The van der Waals surface area contributed by atoms with Gasteiger partial charge < -0.3 is 61.6 Å². The molecule has 10 N–H and O–H groups in total. The summed E-state index contributed by atoms with van der Waals surface area (Å²) in [6.45, 7) is 8.92. The standard InChI is InChI=1S/C78H108N12O20S/c1-48(2)28-61(69(99)32-54(51(6)94)25-27-111-7)86-77(107)63(34-57-36-80-41-83-57)84-72(102)23-21-66(96)74(49(3)4)87-75(105)50(5)29-68(98)62(31-56-35-81-60-13-9-8-12-59(56)60)85-76(106)55(20-22-70(79)100)33-67(97)53-18-16-52(17-19-53)30-58(95)37-82-71(101)24-26-78(90(43-109-46-92)44-110-47-93)39-88(38-73(103)104)64-14-10-11-15-65(64)89(40-78)42-108-45-91/h8-9,12-13,16-19,35-36,41,45-50,54-55,61-65,74,81H,10-11,14-15,20-34,37-40,42-44H2,1-7H3,(H2,79,100)(H,80,83)(H,82,101)(H,84,102)(H,85,106)(H,86,107)(H,87,105)(H,103,104)/t50?,54?,55?,61?,62?,63?,64?,65-,74?,78?/m1/s1. The normalized spacial score (nSPS) is 17.7. The minimum atomic E-state index is -1.30. The highest BCUT2D eigenvalue weighted by atomic mass is 32.2. The maximum absolute atomic E-state index is 14.7. The van der Waals surface area contributed by atoms with Gasteiger partial charge in [0.05, 0.1) is 43.1 Å². The minimum Gasteiger partial charge on any atom is -0.480 e. The molecule has 606 valence electrons. The molecule has 1 aliphatic carbocycles. The van der Waals surface area contributed by atoms with Crippen molar-refractivity contribution in [2.75, 3.05) is 58.4 Å². The molecular weight excluding hydrogens is 1460 g/mol. The average molecular weight is 1570 g/mol. The Kier molecular flexibility index (Phi) is 36.9. The zero-order chi connectivity index (χ0) is 81.3. The molecular formula is C78H108N12O20S. The van der Waals surface area contributed by atoms with E-state index in [2.05, 4.69) is 41.5 Å². The van der Waals surface area contributed by atoms with Gasteiger partial charge >= 0.3 is 5.97 Å². The predicted octanol–water partition coefficient (Wildman–Crippen LogP) is 3.79. The number of aliphatic carboxylic acids is 1. The van der Waals surface area contributed by atoms with Gasteiger partial charge in [-0.3, -0.25) is 86.5 Å². The Labute approximate surface area is 649 Å². The van der Waals surface area contributed by atoms with E-state index in [-0.39, 0.29) is 139 Å². The molecule has 0 spiro atoms. The second-order valence-electron chi connectivity index (χ2n) is 29.7. The number of thioether (sulfide) groups is 1. The number of hydrogen-bond acceptors (Lipinski definition) is 24. The summed E-state index contributed by atoms with van der Waals surface area (Å²) in [4.78, 5) is 227. The lowest BCUT2D eigenvalue weighted by atomic mass is 9.88. The third-order valence-corrected chi connectivity index (χ3v) is 21.1. The monoisotopic (exact) mass is 1560 g/mol. The molecule has 1 aliphatic heterocycles. The van der Waals surface area contributed by atoms with Crippen molar-refractivity contribution in [2.24, 2.45) is 35.3 Å². The van der Waals surface area contributed by atoms with E-state index in [4.69, 9.17) is 19.9 Å². The molecule has 6 rings (SSSR count). The topological polar surface area (TPSA) is 461 Å². The summed E-state index contributed by atoms with van der Waals surface area (Å²) in [5.41, 5.74) is 6.75. The molecule has 9 unspecified atom stereocenters. The summed E-state index contributed by atoms with van der Waals surface area (Å²) in [5, 5.41) is 24.6. The molecule has 2 aromatic carbocycles. The van der Waals surface area contributed by atoms with E-state index >= 15 is 0 Å². The molecule has 6 amide bonds. The maximum Gasteiger partial charge on any atom is 0.317 e. The van der Waals surface area contributed by atoms with Crippen LogP contribution < -0.4 is 32.3 Å². The molecule has 32 nitrogen and oxygen atoms in total. The van der Waals surface area contributed by atoms with E-state index in [1.54, 1.807) is 42.8 Å². The lowest BCUT2D eigenvalue weighted by molar-refractivity contribution is -0.156. The third-order valence-electron chi connectivity index (χ3n) is 20.5. The fourth-order valence-electron chi connectivity index (χ4n) is 14.5. The number of imidazole rings is 1. The van der Waals surface area contributed by atoms with Gasteiger partial charge in [-0.15, -0.1) is 0 Å². The van der Waals surface area contributed by atoms with Crippen LogP contribution in [0.1, 0.15) is 165 Å². The minimum absolute atomic E-state index is 0.00255. The van der Waals surface area contributed by atoms with Crippen molar-refractivity contribution in [3.05, 3.63) is 89.6 Å². The number of ketones is 6. The fraction of sp³-hybridized carbons (Fsp3) is 0.577. The fourth-order valence-corrected chi connectivity index (χ4v) is 15.0. The number of para-hydroxylation sites is 1. The van der Waals surface area contributed by atoms with E-state index in [0.29, 0.717) is 41.8 Å². The summed E-state index contributed by atoms with van der Waals surface area (Å²) >= 11 is 1.55. The van der Waals surface area contributed by atoms with Crippen molar-refractivity contribution in [1.29, 1.82) is 0 Å². The van der Waals surface area contributed by atoms with E-state index in [9.17, 15) is 81.8 Å². The number of hydrogen-bond donors (Lipinski definition) is 9. The number of nitrogens with zero attached hydrogens (tertiary/aromatic N) is 4. The number of carbonyl (C=O) groups excluding carboxylic acids is 15. The molecule has 10 atom stereocenters. The zero-order valence-electron chi connectivity index (χ0n) is 64.3. The Morgan fingerprint density at radius 1 is 0.703 bits per heavy atom. The van der Waals surface area contributed by atoms with Gasteiger partial charge in [-0.25, -0.2) is 9.88 Å². The smallest absolute Gasteiger partial charge is 0.317 e. The number of aromatic amines is 2. The van der Waals surface area contributed by atoms with E-state index < -0.39 is 164 Å². The van der Waals surface area contributed by atoms with E-state index in [1.807, 2.05) is 43.2 Å². The summed E-state index contributed by atoms with van der Waals surface area (Å²) < 4.78 is 15.6. The number of rotatable bonds is 53. The van der Waals surface area contributed by atoms with Crippen LogP contribution in [0.2, 0.25) is 0 Å². The van der Waals surface area contributed by atoms with E-state index in [1.165, 1.54) is 55.5 Å². The Balaban J connectivity index is 1.09. The lowest BCUT2D eigenvalue weighted by Gasteiger charge is -2.45. The summed E-state index contributed by atoms with van der Waals surface area (Å²) in [5.74, 6) is -10.4. The third kappa shape index (κ3) is 28.8. The molecule has 0 bridgehead atoms. The first-order valence-electron chi connectivity index (χ1n) is 37.6. The number of ether oxygens (including phenoxy) is 3. The summed E-state index contributed by atoms with van der Waals surface area (Å²) in [7, 11) is 0. The Morgan fingerprint density at radius 3 is 1.98 bits per heavy atom. The molecule has 0 radical (unpaired) electrons. The second-order valence-corrected chi connectivity index (χ2v) is 30.7. The number of Topliss-reactive ketones (excluding diaryl/α,β-unsaturated/α-hetero) is 6. The molecule has 2 aromatic heterocycles. The van der Waals surface area contributed by atoms with Crippen LogP contribution in [0.5, 0.6) is 0 Å². The van der Waals surface area contributed by atoms with Crippen LogP contribution in [0.25, 0.3) is 10.9 Å². The van der Waals surface area contributed by atoms with Gasteiger partial charge in [0.2, 0.25) is 35.4 Å². The highest BCUT2D eigenvalue weighted by molar-refractivity contribution is 7.98. The van der Waals surface area contributed by atoms with Crippen molar-refractivity contribution in [3.63, 3.8) is 0 Å². The number of fused-ring (bicyclic) bond motifs is 2. The average Bonchev–Trinajstić information content (AvgIpc) is 1.63. The molecule has 1 saturated carbocycles. The first kappa shape index (κ1) is 90.0. The van der Waals surface area contributed by atoms with Gasteiger partial charge in [0, 0.05) is 142 Å². The maximum atomic E-state index is 14.7. The van der Waals surface area contributed by atoms with Gasteiger partial charge in [0.25, 0.3) is 19.4 Å². The van der Waals surface area contributed by atoms with Crippen LogP contribution in [-0.4, -0.2) is 230 Å². The Hall–Kier alpha value is -9.86. The number of carboxylic acids is 1. The molecule has 4 aromatic rings. The molecule has 3 heterocycles. The van der Waals surface area contributed by atoms with Crippen LogP contribution >= 0.6 is 11.8 Å². The van der Waals surface area contributed by atoms with Crippen LogP contribution in [-0.2, 0) is 105 Å². The lowest BCUT2D eigenvalue weighted by Crippen LogP contribution is -2.61. The van der Waals surface area contributed by atoms with Crippen molar-refractivity contribution < 1.29 is 96.0 Å². The van der Waals surface area contributed by atoms with Gasteiger partial charge in [-0.05, 0) is 86.5 Å². The second kappa shape index (κ2) is 45.5. The van der Waals surface area contributed by atoms with Crippen LogP contribution in [0, 0.1) is 29.6 Å². The highest BCUT2D eigenvalue weighted by Gasteiger charge is 2.50. The number of benzene rings is 2. The van der Waals surface area contributed by atoms with Crippen LogP contribution in [0.3, 0.4) is 0 Å². The largest absolute Gasteiger partial charge is 0.480 e. The van der Waals surface area contributed by atoms with Gasteiger partial charge in [-0.2, -0.15) is 11.8 Å². The predicted molar refractivity (Wildman–Crippen MR) is 407 cm³/mol. The number of H-pyrrole nitrogens is 2. The number of carboxylic acid groups (broad SMARTS) is 1. The number of nitrogens with one attached hydrogen (secondary N) is 7. The van der Waals surface area contributed by atoms with Crippen molar-refractivity contribution in [1.82, 2.24) is 56.2 Å². The Bertz CT molecular complexity index is 3840. The summed E-state index contributed by atoms with van der Waals surface area (Å²) in [6.07, 6.45) is 7.25. The first-order chi connectivity index (χ1) is 53.0. The van der Waals surface area contributed by atoms with Gasteiger partial charge in [0.15, 0.2) is 28.9 Å². The molecule has 2 aliphatic rings. The van der Waals surface area contributed by atoms with Crippen molar-refractivity contribution in [3.8, 4) is 0 Å². The number of amides is 6. The number of aromatic nitrogens is 3. The quantitative estimate of drug-likeness (QED) is 0.0131. The zero-order valence-corrected chi connectivity index (χ0v) is 65.1. The SMILES string of the molecule is CSCCC(CC(=O)C(CC(C)C)NC(=O)C(Cc1cnc[nH]1)NC(=O)CCC(=O)C(NC(=O)C(C)CC(=O)C(Cc1c[nH]c2ccccc12)NC(=O)C(CCC(N)=O)CC(=O)c1ccc(CC(=O)CNC(=O)CCC2(N(COC=O)COC=O)CN(CC(=O)O)C3CCCC[C@H]3N(COC=O)C2)cc1)C(C)C)C(C)=O. The number of carbonyl (C=O) groups is 16. The molecule has 111 heavy (non-hydrogen) atoms. The number of nitrogens with two attached hydrogens (primary N) is 1. The number of primary amides is 1. The van der Waals surface area contributed by atoms with Gasteiger partial charge in [0.1, 0.15) is 32.0 Å². The molecule has 2 fully saturated rings. The van der Waals surface area contributed by atoms with Crippen LogP contribution in [0.15, 0.2) is 67.3 Å². The van der Waals surface area contributed by atoms with Crippen molar-refractivity contribution >= 4 is 118 Å².